The molecule has 0 unspecified atom stereocenters. The number of carbonyl (C=O) groups excluding carboxylic acids is 2. The maximum atomic E-state index is 13.1. The molecule has 1 aliphatic rings. The van der Waals surface area contributed by atoms with Crippen LogP contribution < -0.4 is 5.32 Å². The third-order valence-corrected chi connectivity index (χ3v) is 5.70. The molecule has 0 saturated heterocycles. The van der Waals surface area contributed by atoms with E-state index in [4.69, 9.17) is 16.3 Å². The van der Waals surface area contributed by atoms with Crippen molar-refractivity contribution in [2.45, 2.75) is 71.9 Å². The van der Waals surface area contributed by atoms with Crippen LogP contribution in [0.25, 0.3) is 11.1 Å². The van der Waals surface area contributed by atoms with Crippen molar-refractivity contribution in [3.63, 3.8) is 0 Å². The fourth-order valence-corrected chi connectivity index (χ4v) is 3.89. The highest BCUT2D eigenvalue weighted by Crippen LogP contribution is 2.35. The number of amides is 1. The van der Waals surface area contributed by atoms with E-state index < -0.39 is 11.7 Å². The van der Waals surface area contributed by atoms with Gasteiger partial charge in [0.1, 0.15) is 11.3 Å². The number of nitrogens with one attached hydrogen (secondary N) is 1. The normalized spacial score (nSPS) is 16.9. The van der Waals surface area contributed by atoms with Gasteiger partial charge in [0, 0.05) is 35.8 Å². The van der Waals surface area contributed by atoms with Crippen molar-refractivity contribution in [2.75, 3.05) is 0 Å². The van der Waals surface area contributed by atoms with Crippen LogP contribution in [-0.4, -0.2) is 33.2 Å². The third-order valence-electron chi connectivity index (χ3n) is 5.40. The first kappa shape index (κ1) is 22.3. The molecule has 162 valence electrons. The summed E-state index contributed by atoms with van der Waals surface area (Å²) in [6.07, 6.45) is 8.11. The van der Waals surface area contributed by atoms with Crippen LogP contribution in [0.3, 0.4) is 0 Å². The number of rotatable bonds is 3. The molecule has 2 aromatic rings. The van der Waals surface area contributed by atoms with E-state index in [2.05, 4.69) is 24.1 Å². The summed E-state index contributed by atoms with van der Waals surface area (Å²) in [7, 11) is 0. The fourth-order valence-electron chi connectivity index (χ4n) is 3.66. The Hall–Kier alpha value is -2.34. The van der Waals surface area contributed by atoms with Gasteiger partial charge in [-0.3, -0.25) is 9.78 Å². The van der Waals surface area contributed by atoms with Crippen LogP contribution in [0.1, 0.15) is 70.8 Å². The van der Waals surface area contributed by atoms with Crippen molar-refractivity contribution in [1.29, 1.82) is 0 Å². The molecule has 0 aliphatic heterocycles. The van der Waals surface area contributed by atoms with Crippen molar-refractivity contribution < 1.29 is 14.3 Å². The molecule has 0 spiro atoms. The van der Waals surface area contributed by atoms with Gasteiger partial charge in [-0.05, 0) is 64.0 Å². The number of ether oxygens (including phenoxy) is 1. The van der Waals surface area contributed by atoms with Crippen LogP contribution in [0.15, 0.2) is 30.7 Å². The van der Waals surface area contributed by atoms with E-state index in [1.165, 1.54) is 10.8 Å². The summed E-state index contributed by atoms with van der Waals surface area (Å²) in [6.45, 7) is 9.88. The summed E-state index contributed by atoms with van der Waals surface area (Å²) in [5, 5.41) is 3.54. The topological polar surface area (TPSA) is 73.2 Å². The molecular formula is C23H30ClN3O3. The Morgan fingerprint density at radius 1 is 1.27 bits per heavy atom. The fraction of sp³-hybridized carbons (Fsp3) is 0.522. The predicted molar refractivity (Wildman–Crippen MR) is 118 cm³/mol. The molecule has 3 rings (SSSR count). The molecule has 6 nitrogen and oxygen atoms in total. The monoisotopic (exact) mass is 431 g/mol. The van der Waals surface area contributed by atoms with Gasteiger partial charge in [-0.25, -0.2) is 9.36 Å². The van der Waals surface area contributed by atoms with Gasteiger partial charge in [0.05, 0.1) is 5.02 Å². The first-order chi connectivity index (χ1) is 14.0. The van der Waals surface area contributed by atoms with Crippen LogP contribution >= 0.6 is 11.6 Å². The smallest absolute Gasteiger partial charge is 0.419 e. The molecule has 1 amide bonds. The lowest BCUT2D eigenvalue weighted by Crippen LogP contribution is -2.40. The standard InChI is InChI=1S/C23H30ClN3O3/c1-22(2,3)30-21(29)27-14-15(17-8-11-25-13-18(17)24)12-19(27)20(28)26-16-6-9-23(4,5)10-7-16/h8,11-14,16H,6-7,9-10H2,1-5H3,(H,26,28). The Balaban J connectivity index is 1.90. The lowest BCUT2D eigenvalue weighted by atomic mass is 9.75. The molecule has 0 bridgehead atoms. The van der Waals surface area contributed by atoms with Crippen molar-refractivity contribution in [1.82, 2.24) is 14.9 Å². The zero-order valence-corrected chi connectivity index (χ0v) is 19.0. The molecule has 2 aromatic heterocycles. The first-order valence-corrected chi connectivity index (χ1v) is 10.7. The number of hydrogen-bond acceptors (Lipinski definition) is 4. The minimum atomic E-state index is -0.682. The lowest BCUT2D eigenvalue weighted by Gasteiger charge is -2.34. The average molecular weight is 432 g/mol. The van der Waals surface area contributed by atoms with E-state index >= 15 is 0 Å². The van der Waals surface area contributed by atoms with E-state index in [1.54, 1.807) is 45.3 Å². The molecule has 1 fully saturated rings. The highest BCUT2D eigenvalue weighted by atomic mass is 35.5. The zero-order valence-electron chi connectivity index (χ0n) is 18.3. The Bertz CT molecular complexity index is 933. The number of carbonyl (C=O) groups is 2. The Morgan fingerprint density at radius 2 is 1.93 bits per heavy atom. The molecule has 0 aromatic carbocycles. The molecule has 7 heteroatoms. The van der Waals surface area contributed by atoms with Crippen molar-refractivity contribution in [2.24, 2.45) is 5.41 Å². The van der Waals surface area contributed by atoms with Gasteiger partial charge >= 0.3 is 6.09 Å². The molecular weight excluding hydrogens is 402 g/mol. The first-order valence-electron chi connectivity index (χ1n) is 10.3. The molecule has 30 heavy (non-hydrogen) atoms. The minimum Gasteiger partial charge on any atom is -0.443 e. The van der Waals surface area contributed by atoms with Gasteiger partial charge in [0.2, 0.25) is 0 Å². The van der Waals surface area contributed by atoms with Crippen LogP contribution in [0, 0.1) is 5.41 Å². The van der Waals surface area contributed by atoms with Gasteiger partial charge < -0.3 is 10.1 Å². The van der Waals surface area contributed by atoms with Crippen LogP contribution in [-0.2, 0) is 4.74 Å². The number of hydrogen-bond donors (Lipinski definition) is 1. The van der Waals surface area contributed by atoms with E-state index in [1.807, 2.05) is 0 Å². The molecule has 1 N–H and O–H groups in total. The van der Waals surface area contributed by atoms with Crippen LogP contribution in [0.5, 0.6) is 0 Å². The SMILES string of the molecule is CC1(C)CCC(NC(=O)c2cc(-c3ccncc3Cl)cn2C(=O)OC(C)(C)C)CC1. The molecule has 1 aliphatic carbocycles. The van der Waals surface area contributed by atoms with Crippen LogP contribution in [0.4, 0.5) is 4.79 Å². The molecule has 1 saturated carbocycles. The zero-order chi connectivity index (χ0) is 22.1. The van der Waals surface area contributed by atoms with E-state index in [-0.39, 0.29) is 17.6 Å². The summed E-state index contributed by atoms with van der Waals surface area (Å²) in [4.78, 5) is 29.9. The third kappa shape index (κ3) is 5.42. The second-order valence-corrected chi connectivity index (χ2v) is 10.1. The minimum absolute atomic E-state index is 0.0977. The van der Waals surface area contributed by atoms with Gasteiger partial charge in [-0.1, -0.05) is 25.4 Å². The second kappa shape index (κ2) is 8.42. The van der Waals surface area contributed by atoms with Crippen molar-refractivity contribution in [3.05, 3.63) is 41.4 Å². The van der Waals surface area contributed by atoms with E-state index in [0.29, 0.717) is 21.6 Å². The summed E-state index contributed by atoms with van der Waals surface area (Å²) in [5.41, 5.74) is 1.21. The Kier molecular flexibility index (Phi) is 6.27. The van der Waals surface area contributed by atoms with Crippen molar-refractivity contribution in [3.8, 4) is 11.1 Å². The highest BCUT2D eigenvalue weighted by molar-refractivity contribution is 6.33. The van der Waals surface area contributed by atoms with Gasteiger partial charge in [-0.15, -0.1) is 0 Å². The second-order valence-electron chi connectivity index (χ2n) is 9.73. The Labute approximate surface area is 183 Å². The molecule has 0 atom stereocenters. The summed E-state index contributed by atoms with van der Waals surface area (Å²) in [5.74, 6) is -0.290. The van der Waals surface area contributed by atoms with E-state index in [0.717, 1.165) is 25.7 Å². The summed E-state index contributed by atoms with van der Waals surface area (Å²) < 4.78 is 6.77. The van der Waals surface area contributed by atoms with Gasteiger partial charge in [0.25, 0.3) is 5.91 Å². The average Bonchev–Trinajstić information content (AvgIpc) is 3.08. The maximum absolute atomic E-state index is 13.1. The largest absolute Gasteiger partial charge is 0.443 e. The highest BCUT2D eigenvalue weighted by Gasteiger charge is 2.30. The number of nitrogens with zero attached hydrogens (tertiary/aromatic N) is 2. The predicted octanol–water partition coefficient (Wildman–Crippen LogP) is 5.69. The van der Waals surface area contributed by atoms with Crippen LogP contribution in [0.2, 0.25) is 5.02 Å². The Morgan fingerprint density at radius 3 is 2.53 bits per heavy atom. The maximum Gasteiger partial charge on any atom is 0.419 e. The number of pyridine rings is 1. The lowest BCUT2D eigenvalue weighted by molar-refractivity contribution is 0.0525. The number of halogens is 1. The molecule has 0 radical (unpaired) electrons. The molecule has 2 heterocycles. The van der Waals surface area contributed by atoms with Crippen molar-refractivity contribution >= 4 is 23.6 Å². The van der Waals surface area contributed by atoms with Gasteiger partial charge in [-0.2, -0.15) is 0 Å². The summed E-state index contributed by atoms with van der Waals surface area (Å²) >= 11 is 6.28. The summed E-state index contributed by atoms with van der Waals surface area (Å²) in [6, 6.07) is 3.52. The quantitative estimate of drug-likeness (QED) is 0.677. The number of aromatic nitrogens is 2. The van der Waals surface area contributed by atoms with Gasteiger partial charge in [0.15, 0.2) is 0 Å². The van der Waals surface area contributed by atoms with E-state index in [9.17, 15) is 9.59 Å².